The van der Waals surface area contributed by atoms with Crippen LogP contribution in [0.5, 0.6) is 0 Å². The van der Waals surface area contributed by atoms with Crippen LogP contribution >= 0.6 is 0 Å². The summed E-state index contributed by atoms with van der Waals surface area (Å²) in [5.41, 5.74) is 1.70. The highest BCUT2D eigenvalue weighted by atomic mass is 16.2. The first-order valence-corrected chi connectivity index (χ1v) is 8.03. The number of hydrogen-bond donors (Lipinski definition) is 3. The van der Waals surface area contributed by atoms with Crippen molar-refractivity contribution in [2.24, 2.45) is 0 Å². The maximum atomic E-state index is 12.1. The second kappa shape index (κ2) is 5.92. The van der Waals surface area contributed by atoms with Crippen LogP contribution in [0.4, 0.5) is 5.82 Å². The van der Waals surface area contributed by atoms with E-state index in [9.17, 15) is 4.79 Å². The van der Waals surface area contributed by atoms with E-state index < -0.39 is 0 Å². The third-order valence-electron chi connectivity index (χ3n) is 4.04. The molecule has 1 saturated carbocycles. The highest BCUT2D eigenvalue weighted by Gasteiger charge is 2.25. The lowest BCUT2D eigenvalue weighted by Gasteiger charge is -2.14. The summed E-state index contributed by atoms with van der Waals surface area (Å²) in [4.78, 5) is 28.3. The van der Waals surface area contributed by atoms with Gasteiger partial charge in [-0.2, -0.15) is 0 Å². The molecule has 3 heterocycles. The van der Waals surface area contributed by atoms with Gasteiger partial charge in [-0.25, -0.2) is 15.0 Å². The van der Waals surface area contributed by atoms with Gasteiger partial charge in [0.15, 0.2) is 5.82 Å². The molecule has 4 rings (SSSR count). The van der Waals surface area contributed by atoms with Gasteiger partial charge in [-0.15, -0.1) is 0 Å². The molecule has 0 bridgehead atoms. The molecule has 1 aliphatic carbocycles. The van der Waals surface area contributed by atoms with Gasteiger partial charge in [0.25, 0.3) is 0 Å². The predicted molar refractivity (Wildman–Crippen MR) is 91.4 cm³/mol. The van der Waals surface area contributed by atoms with Crippen LogP contribution in [0.15, 0.2) is 36.8 Å². The Balaban J connectivity index is 1.57. The van der Waals surface area contributed by atoms with Gasteiger partial charge in [0, 0.05) is 35.6 Å². The Morgan fingerprint density at radius 1 is 1.25 bits per heavy atom. The van der Waals surface area contributed by atoms with E-state index in [0.29, 0.717) is 17.7 Å². The second-order valence-corrected chi connectivity index (χ2v) is 6.01. The summed E-state index contributed by atoms with van der Waals surface area (Å²) >= 11 is 0. The van der Waals surface area contributed by atoms with Crippen molar-refractivity contribution in [3.8, 4) is 11.4 Å². The van der Waals surface area contributed by atoms with Gasteiger partial charge < -0.3 is 15.6 Å². The van der Waals surface area contributed by atoms with Crippen LogP contribution in [0, 0.1) is 0 Å². The van der Waals surface area contributed by atoms with Crippen LogP contribution in [-0.2, 0) is 4.79 Å². The molecule has 122 valence electrons. The van der Waals surface area contributed by atoms with Gasteiger partial charge in [-0.1, -0.05) is 0 Å². The third kappa shape index (κ3) is 2.92. The zero-order valence-corrected chi connectivity index (χ0v) is 13.3. The summed E-state index contributed by atoms with van der Waals surface area (Å²) in [7, 11) is 0. The van der Waals surface area contributed by atoms with Crippen molar-refractivity contribution in [1.29, 1.82) is 0 Å². The fraction of sp³-hybridized carbons (Fsp3) is 0.294. The van der Waals surface area contributed by atoms with Crippen molar-refractivity contribution < 1.29 is 4.79 Å². The molecule has 1 atom stereocenters. The molecule has 1 amide bonds. The van der Waals surface area contributed by atoms with E-state index in [4.69, 9.17) is 0 Å². The van der Waals surface area contributed by atoms with E-state index in [1.807, 2.05) is 25.3 Å². The van der Waals surface area contributed by atoms with Crippen molar-refractivity contribution >= 4 is 22.8 Å². The fourth-order valence-electron chi connectivity index (χ4n) is 2.57. The molecule has 1 aliphatic rings. The molecule has 3 aromatic heterocycles. The van der Waals surface area contributed by atoms with Gasteiger partial charge in [0.05, 0.1) is 0 Å². The smallest absolute Gasteiger partial charge is 0.242 e. The quantitative estimate of drug-likeness (QED) is 0.668. The van der Waals surface area contributed by atoms with Gasteiger partial charge in [-0.3, -0.25) is 4.79 Å². The van der Waals surface area contributed by atoms with Gasteiger partial charge in [-0.05, 0) is 38.0 Å². The van der Waals surface area contributed by atoms with Crippen LogP contribution in [-0.4, -0.2) is 37.9 Å². The number of amides is 1. The standard InChI is InChI=1S/C17H18N6O/c1-10(17(24)22-11-2-3-11)21-14-6-9-20-16(23-14)13-5-8-19-15-12(13)4-7-18-15/h4-11H,2-3H2,1H3,(H,18,19)(H,22,24)(H,20,21,23)/t10-/m0/s1. The van der Waals surface area contributed by atoms with E-state index in [1.54, 1.807) is 18.5 Å². The number of aromatic nitrogens is 4. The number of carbonyl (C=O) groups is 1. The number of carbonyl (C=O) groups excluding carboxylic acids is 1. The first-order chi connectivity index (χ1) is 11.7. The van der Waals surface area contributed by atoms with Crippen LogP contribution in [0.1, 0.15) is 19.8 Å². The first kappa shape index (κ1) is 14.6. The van der Waals surface area contributed by atoms with E-state index in [0.717, 1.165) is 29.4 Å². The monoisotopic (exact) mass is 322 g/mol. The Kier molecular flexibility index (Phi) is 3.60. The first-order valence-electron chi connectivity index (χ1n) is 8.03. The lowest BCUT2D eigenvalue weighted by atomic mass is 10.2. The molecule has 0 spiro atoms. The molecule has 0 aliphatic heterocycles. The molecule has 0 aromatic carbocycles. The van der Waals surface area contributed by atoms with Crippen LogP contribution in [0.25, 0.3) is 22.4 Å². The Hall–Kier alpha value is -2.96. The molecule has 3 aromatic rings. The lowest BCUT2D eigenvalue weighted by Crippen LogP contribution is -2.38. The second-order valence-electron chi connectivity index (χ2n) is 6.01. The number of anilines is 1. The Bertz CT molecular complexity index is 885. The molecule has 0 unspecified atom stereocenters. The molecule has 0 radical (unpaired) electrons. The minimum absolute atomic E-state index is 0.00500. The molecule has 3 N–H and O–H groups in total. The Morgan fingerprint density at radius 3 is 2.92 bits per heavy atom. The number of fused-ring (bicyclic) bond motifs is 1. The number of aromatic amines is 1. The normalized spacial score (nSPS) is 15.2. The average Bonchev–Trinajstić information content (AvgIpc) is 3.27. The summed E-state index contributed by atoms with van der Waals surface area (Å²) in [6.07, 6.45) is 7.40. The molecule has 24 heavy (non-hydrogen) atoms. The number of hydrogen-bond acceptors (Lipinski definition) is 5. The number of pyridine rings is 1. The predicted octanol–water partition coefficient (Wildman–Crippen LogP) is 2.10. The Labute approximate surface area is 138 Å². The highest BCUT2D eigenvalue weighted by Crippen LogP contribution is 2.24. The molecular formula is C17H18N6O. The maximum Gasteiger partial charge on any atom is 0.242 e. The van der Waals surface area contributed by atoms with Crippen LogP contribution < -0.4 is 10.6 Å². The van der Waals surface area contributed by atoms with E-state index >= 15 is 0 Å². The maximum absolute atomic E-state index is 12.1. The Morgan fingerprint density at radius 2 is 2.08 bits per heavy atom. The average molecular weight is 322 g/mol. The van der Waals surface area contributed by atoms with Gasteiger partial charge >= 0.3 is 0 Å². The fourth-order valence-corrected chi connectivity index (χ4v) is 2.57. The van der Waals surface area contributed by atoms with Crippen molar-refractivity contribution in [2.75, 3.05) is 5.32 Å². The van der Waals surface area contributed by atoms with Crippen molar-refractivity contribution in [3.05, 3.63) is 36.8 Å². The molecule has 7 heteroatoms. The largest absolute Gasteiger partial charge is 0.359 e. The summed E-state index contributed by atoms with van der Waals surface area (Å²) in [6, 6.07) is 5.60. The highest BCUT2D eigenvalue weighted by molar-refractivity contribution is 5.91. The van der Waals surface area contributed by atoms with Crippen LogP contribution in [0.3, 0.4) is 0 Å². The number of nitrogens with one attached hydrogen (secondary N) is 3. The van der Waals surface area contributed by atoms with E-state index in [1.165, 1.54) is 0 Å². The lowest BCUT2D eigenvalue weighted by molar-refractivity contribution is -0.121. The zero-order valence-electron chi connectivity index (χ0n) is 13.3. The molecule has 7 nitrogen and oxygen atoms in total. The summed E-state index contributed by atoms with van der Waals surface area (Å²) < 4.78 is 0. The molecule has 0 saturated heterocycles. The topological polar surface area (TPSA) is 95.6 Å². The number of nitrogens with zero attached hydrogens (tertiary/aromatic N) is 3. The van der Waals surface area contributed by atoms with Crippen molar-refractivity contribution in [3.63, 3.8) is 0 Å². The summed E-state index contributed by atoms with van der Waals surface area (Å²) in [5.74, 6) is 1.22. The minimum Gasteiger partial charge on any atom is -0.359 e. The molecule has 1 fully saturated rings. The summed E-state index contributed by atoms with van der Waals surface area (Å²) in [5, 5.41) is 7.09. The number of rotatable bonds is 5. The van der Waals surface area contributed by atoms with Gasteiger partial charge in [0.1, 0.15) is 17.5 Å². The third-order valence-corrected chi connectivity index (χ3v) is 4.04. The minimum atomic E-state index is -0.349. The van der Waals surface area contributed by atoms with E-state index in [-0.39, 0.29) is 11.9 Å². The van der Waals surface area contributed by atoms with Gasteiger partial charge in [0.2, 0.25) is 5.91 Å². The summed E-state index contributed by atoms with van der Waals surface area (Å²) in [6.45, 7) is 1.83. The number of H-pyrrole nitrogens is 1. The van der Waals surface area contributed by atoms with Crippen LogP contribution in [0.2, 0.25) is 0 Å². The molecular weight excluding hydrogens is 304 g/mol. The zero-order chi connectivity index (χ0) is 16.5. The van der Waals surface area contributed by atoms with E-state index in [2.05, 4.69) is 30.6 Å². The SMILES string of the molecule is C[C@H](Nc1ccnc(-c2ccnc3[nH]ccc23)n1)C(=O)NC1CC1. The van der Waals surface area contributed by atoms with Crippen molar-refractivity contribution in [2.45, 2.75) is 31.8 Å². The van der Waals surface area contributed by atoms with Crippen molar-refractivity contribution in [1.82, 2.24) is 25.3 Å².